The number of hydrogen-bond acceptors (Lipinski definition) is 3. The van der Waals surface area contributed by atoms with Gasteiger partial charge < -0.3 is 9.64 Å². The minimum absolute atomic E-state index is 0.165. The van der Waals surface area contributed by atoms with E-state index in [0.717, 1.165) is 6.07 Å². The predicted molar refractivity (Wildman–Crippen MR) is 84.6 cm³/mol. The van der Waals surface area contributed by atoms with E-state index in [4.69, 9.17) is 16.3 Å². The van der Waals surface area contributed by atoms with Gasteiger partial charge >= 0.3 is 0 Å². The molecule has 0 atom stereocenters. The van der Waals surface area contributed by atoms with E-state index < -0.39 is 5.82 Å². The first-order valence-electron chi connectivity index (χ1n) is 7.06. The van der Waals surface area contributed by atoms with Gasteiger partial charge in [0.1, 0.15) is 11.6 Å². The van der Waals surface area contributed by atoms with Crippen LogP contribution in [0.5, 0.6) is 5.75 Å². The van der Waals surface area contributed by atoms with Crippen LogP contribution in [-0.4, -0.2) is 24.8 Å². The first-order chi connectivity index (χ1) is 11.0. The molecule has 0 fully saturated rings. The molecule has 0 radical (unpaired) electrons. The first-order valence-corrected chi connectivity index (χ1v) is 7.44. The lowest BCUT2D eigenvalue weighted by atomic mass is 10.00. The normalized spacial score (nSPS) is 13.7. The number of benzene rings is 2. The summed E-state index contributed by atoms with van der Waals surface area (Å²) in [7, 11) is 0. The van der Waals surface area contributed by atoms with Crippen LogP contribution in [0.15, 0.2) is 42.5 Å². The molecule has 1 aliphatic rings. The molecule has 1 aliphatic heterocycles. The molecular weight excluding hydrogens is 321 g/mol. The highest BCUT2D eigenvalue weighted by Gasteiger charge is 2.27. The summed E-state index contributed by atoms with van der Waals surface area (Å²) in [4.78, 5) is 25.7. The molecule has 118 valence electrons. The second-order valence-corrected chi connectivity index (χ2v) is 5.56. The van der Waals surface area contributed by atoms with Crippen LogP contribution in [0, 0.1) is 5.82 Å². The van der Waals surface area contributed by atoms with Crippen molar-refractivity contribution in [1.82, 2.24) is 0 Å². The van der Waals surface area contributed by atoms with Gasteiger partial charge in [-0.25, -0.2) is 4.39 Å². The van der Waals surface area contributed by atoms with Crippen LogP contribution in [0.1, 0.15) is 16.8 Å². The average Bonchev–Trinajstić information content (AvgIpc) is 2.55. The summed E-state index contributed by atoms with van der Waals surface area (Å²) in [6.45, 7) is 0.0902. The van der Waals surface area contributed by atoms with Crippen molar-refractivity contribution in [1.29, 1.82) is 0 Å². The Hall–Kier alpha value is -2.40. The van der Waals surface area contributed by atoms with E-state index in [9.17, 15) is 14.0 Å². The Morgan fingerprint density at radius 1 is 1.22 bits per heavy atom. The van der Waals surface area contributed by atoms with Gasteiger partial charge in [-0.2, -0.15) is 0 Å². The second kappa shape index (κ2) is 6.38. The number of ketones is 1. The molecule has 0 bridgehead atoms. The van der Waals surface area contributed by atoms with E-state index in [2.05, 4.69) is 0 Å². The van der Waals surface area contributed by atoms with E-state index in [-0.39, 0.29) is 36.8 Å². The van der Waals surface area contributed by atoms with Crippen molar-refractivity contribution in [2.24, 2.45) is 0 Å². The smallest absolute Gasteiger partial charge is 0.264 e. The van der Waals surface area contributed by atoms with Gasteiger partial charge in [0.2, 0.25) is 0 Å². The van der Waals surface area contributed by atoms with Crippen LogP contribution in [-0.2, 0) is 4.79 Å². The maximum Gasteiger partial charge on any atom is 0.264 e. The molecule has 2 aromatic rings. The fraction of sp³-hybridized carbons (Fsp3) is 0.176. The molecule has 0 aliphatic carbocycles. The molecule has 0 unspecified atom stereocenters. The highest BCUT2D eigenvalue weighted by molar-refractivity contribution is 6.30. The molecule has 6 heteroatoms. The van der Waals surface area contributed by atoms with E-state index >= 15 is 0 Å². The van der Waals surface area contributed by atoms with Gasteiger partial charge in [0, 0.05) is 23.6 Å². The minimum Gasteiger partial charge on any atom is -0.484 e. The predicted octanol–water partition coefficient (Wildman–Crippen LogP) is 3.48. The molecule has 2 aromatic carbocycles. The Bertz CT molecular complexity index is 761. The van der Waals surface area contributed by atoms with Gasteiger partial charge in [0.05, 0.1) is 5.69 Å². The second-order valence-electron chi connectivity index (χ2n) is 5.12. The van der Waals surface area contributed by atoms with Crippen LogP contribution in [0.4, 0.5) is 10.1 Å². The van der Waals surface area contributed by atoms with Crippen molar-refractivity contribution in [3.63, 3.8) is 0 Å². The molecule has 3 rings (SSSR count). The molecule has 23 heavy (non-hydrogen) atoms. The lowest BCUT2D eigenvalue weighted by Gasteiger charge is -2.28. The number of carbonyl (C=O) groups excluding carboxylic acids is 2. The summed E-state index contributed by atoms with van der Waals surface area (Å²) in [5, 5.41) is 0.578. The maximum atomic E-state index is 13.3. The molecular formula is C17H13ClFNO3. The van der Waals surface area contributed by atoms with Gasteiger partial charge in [0.15, 0.2) is 12.4 Å². The summed E-state index contributed by atoms with van der Waals surface area (Å²) in [6, 6.07) is 10.5. The Kier molecular flexibility index (Phi) is 4.30. The fourth-order valence-electron chi connectivity index (χ4n) is 2.45. The topological polar surface area (TPSA) is 46.6 Å². The lowest BCUT2D eigenvalue weighted by molar-refractivity contribution is -0.120. The van der Waals surface area contributed by atoms with Crippen molar-refractivity contribution >= 4 is 29.0 Å². The van der Waals surface area contributed by atoms with Gasteiger partial charge in [-0.1, -0.05) is 11.6 Å². The van der Waals surface area contributed by atoms with E-state index in [1.807, 2.05) is 0 Å². The van der Waals surface area contributed by atoms with Crippen LogP contribution >= 0.6 is 11.6 Å². The third-order valence-corrected chi connectivity index (χ3v) is 3.84. The fourth-order valence-corrected chi connectivity index (χ4v) is 2.57. The van der Waals surface area contributed by atoms with Crippen molar-refractivity contribution in [2.45, 2.75) is 6.42 Å². The lowest BCUT2D eigenvalue weighted by Crippen LogP contribution is -2.40. The van der Waals surface area contributed by atoms with Crippen molar-refractivity contribution in [3.8, 4) is 5.75 Å². The summed E-state index contributed by atoms with van der Waals surface area (Å²) >= 11 is 5.79. The number of hydrogen-bond donors (Lipinski definition) is 0. The molecule has 4 nitrogen and oxygen atoms in total. The minimum atomic E-state index is -0.496. The largest absolute Gasteiger partial charge is 0.484 e. The van der Waals surface area contributed by atoms with E-state index in [1.165, 1.54) is 17.0 Å². The highest BCUT2D eigenvalue weighted by Crippen LogP contribution is 2.28. The number of carbonyl (C=O) groups is 2. The molecule has 0 saturated heterocycles. The Labute approximate surface area is 137 Å². The SMILES string of the molecule is O=C1CCN(C(=O)COc2ccc(Cl)cc2)c2ccc(F)cc21. The molecule has 0 aromatic heterocycles. The van der Waals surface area contributed by atoms with Gasteiger partial charge in [0.25, 0.3) is 5.91 Å². The number of anilines is 1. The summed E-state index contributed by atoms with van der Waals surface area (Å²) in [5.74, 6) is -0.429. The number of Topliss-reactive ketones (excluding diaryl/α,β-unsaturated/α-hetero) is 1. The van der Waals surface area contributed by atoms with Crippen molar-refractivity contribution < 1.29 is 18.7 Å². The summed E-state index contributed by atoms with van der Waals surface area (Å²) < 4.78 is 18.7. The molecule has 0 saturated carbocycles. The molecule has 1 heterocycles. The zero-order valence-corrected chi connectivity index (χ0v) is 12.8. The first kappa shape index (κ1) is 15.5. The Morgan fingerprint density at radius 3 is 2.70 bits per heavy atom. The van der Waals surface area contributed by atoms with Crippen LogP contribution < -0.4 is 9.64 Å². The Balaban J connectivity index is 1.74. The van der Waals surface area contributed by atoms with Crippen LogP contribution in [0.3, 0.4) is 0 Å². The number of rotatable bonds is 3. The number of nitrogens with zero attached hydrogens (tertiary/aromatic N) is 1. The van der Waals surface area contributed by atoms with Crippen molar-refractivity contribution in [3.05, 3.63) is 58.9 Å². The third kappa shape index (κ3) is 3.35. The zero-order valence-electron chi connectivity index (χ0n) is 12.1. The van der Waals surface area contributed by atoms with Gasteiger partial charge in [-0.3, -0.25) is 9.59 Å². The van der Waals surface area contributed by atoms with E-state index in [1.54, 1.807) is 24.3 Å². The molecule has 0 N–H and O–H groups in total. The van der Waals surface area contributed by atoms with Crippen molar-refractivity contribution in [2.75, 3.05) is 18.1 Å². The third-order valence-electron chi connectivity index (χ3n) is 3.59. The number of halogens is 2. The summed E-state index contributed by atoms with van der Waals surface area (Å²) in [5.41, 5.74) is 0.656. The average molecular weight is 334 g/mol. The van der Waals surface area contributed by atoms with Gasteiger partial charge in [-0.05, 0) is 42.5 Å². The van der Waals surface area contributed by atoms with E-state index in [0.29, 0.717) is 16.5 Å². The van der Waals surface area contributed by atoms with Crippen LogP contribution in [0.2, 0.25) is 5.02 Å². The number of amides is 1. The monoisotopic (exact) mass is 333 g/mol. The standard InChI is InChI=1S/C17H13ClFNO3/c18-11-1-4-13(5-2-11)23-10-17(22)20-8-7-16(21)14-9-12(19)3-6-15(14)20/h1-6,9H,7-8,10H2. The number of fused-ring (bicyclic) bond motifs is 1. The van der Waals surface area contributed by atoms with Gasteiger partial charge in [-0.15, -0.1) is 0 Å². The summed E-state index contributed by atoms with van der Waals surface area (Å²) in [6.07, 6.45) is 0.170. The molecule has 0 spiro atoms. The molecule has 1 amide bonds. The number of ether oxygens (including phenoxy) is 1. The Morgan fingerprint density at radius 2 is 1.96 bits per heavy atom. The highest BCUT2D eigenvalue weighted by atomic mass is 35.5. The van der Waals surface area contributed by atoms with Crippen LogP contribution in [0.25, 0.3) is 0 Å². The zero-order chi connectivity index (χ0) is 16.4. The maximum absolute atomic E-state index is 13.3. The quantitative estimate of drug-likeness (QED) is 0.864.